The lowest BCUT2D eigenvalue weighted by atomic mass is 9.84. The Balaban J connectivity index is 1.53. The predicted octanol–water partition coefficient (Wildman–Crippen LogP) is 2.77. The van der Waals surface area contributed by atoms with Crippen LogP contribution >= 0.6 is 22.9 Å². The number of carbonyl (C=O) groups excluding carboxylic acids is 1. The lowest BCUT2D eigenvalue weighted by Gasteiger charge is -2.44. The van der Waals surface area contributed by atoms with Gasteiger partial charge < -0.3 is 10.2 Å². The van der Waals surface area contributed by atoms with Crippen molar-refractivity contribution in [3.8, 4) is 0 Å². The molecule has 4 nitrogen and oxygen atoms in total. The Labute approximate surface area is 132 Å². The first-order valence-electron chi connectivity index (χ1n) is 7.27. The average molecular weight is 322 g/mol. The summed E-state index contributed by atoms with van der Waals surface area (Å²) in [5, 5.41) is 4.16. The second-order valence-electron chi connectivity index (χ2n) is 5.88. The normalized spacial score (nSPS) is 28.0. The summed E-state index contributed by atoms with van der Waals surface area (Å²) in [7, 11) is 0. The smallest absolute Gasteiger partial charge is 0.270 e. The van der Waals surface area contributed by atoms with E-state index in [1.807, 2.05) is 12.1 Å². The SMILES string of the molecule is O=C(N[C@H]1CN2CCC1CC2)c1cc2sc(Cl)cc2cn1. The maximum absolute atomic E-state index is 12.4. The number of amides is 1. The van der Waals surface area contributed by atoms with Crippen molar-refractivity contribution in [3.63, 3.8) is 0 Å². The van der Waals surface area contributed by atoms with Gasteiger partial charge in [0.2, 0.25) is 0 Å². The van der Waals surface area contributed by atoms with Gasteiger partial charge >= 0.3 is 0 Å². The van der Waals surface area contributed by atoms with Crippen LogP contribution < -0.4 is 5.32 Å². The van der Waals surface area contributed by atoms with Gasteiger partial charge in [-0.3, -0.25) is 9.78 Å². The zero-order valence-corrected chi connectivity index (χ0v) is 13.1. The number of hydrogen-bond acceptors (Lipinski definition) is 4. The first kappa shape index (κ1) is 13.5. The molecule has 5 heterocycles. The molecule has 6 heteroatoms. The highest BCUT2D eigenvalue weighted by molar-refractivity contribution is 7.22. The molecule has 3 fully saturated rings. The van der Waals surface area contributed by atoms with Crippen molar-refractivity contribution in [2.24, 2.45) is 5.92 Å². The van der Waals surface area contributed by atoms with Crippen LogP contribution in [0.1, 0.15) is 23.3 Å². The zero-order chi connectivity index (χ0) is 14.4. The van der Waals surface area contributed by atoms with Gasteiger partial charge in [0.15, 0.2) is 0 Å². The Morgan fingerprint density at radius 1 is 1.38 bits per heavy atom. The molecule has 0 aromatic carbocycles. The molecule has 1 N–H and O–H groups in total. The Morgan fingerprint density at radius 3 is 2.90 bits per heavy atom. The van der Waals surface area contributed by atoms with Gasteiger partial charge in [0.05, 0.1) is 4.34 Å². The van der Waals surface area contributed by atoms with Crippen molar-refractivity contribution in [1.29, 1.82) is 0 Å². The highest BCUT2D eigenvalue weighted by atomic mass is 35.5. The molecule has 0 aliphatic carbocycles. The van der Waals surface area contributed by atoms with Crippen molar-refractivity contribution in [2.45, 2.75) is 18.9 Å². The molecule has 5 rings (SSSR count). The van der Waals surface area contributed by atoms with Crippen LogP contribution in [0.2, 0.25) is 4.34 Å². The first-order chi connectivity index (χ1) is 10.2. The molecule has 3 aliphatic rings. The number of thiophene rings is 1. The lowest BCUT2D eigenvalue weighted by molar-refractivity contribution is 0.0618. The van der Waals surface area contributed by atoms with E-state index in [1.54, 1.807) is 6.20 Å². The van der Waals surface area contributed by atoms with Crippen molar-refractivity contribution < 1.29 is 4.79 Å². The van der Waals surface area contributed by atoms with E-state index in [-0.39, 0.29) is 11.9 Å². The summed E-state index contributed by atoms with van der Waals surface area (Å²) in [5.74, 6) is 0.555. The molecule has 1 amide bonds. The fourth-order valence-electron chi connectivity index (χ4n) is 3.40. The van der Waals surface area contributed by atoms with Gasteiger partial charge in [-0.2, -0.15) is 0 Å². The summed E-state index contributed by atoms with van der Waals surface area (Å²) in [5.41, 5.74) is 0.484. The molecule has 2 aromatic heterocycles. The molecule has 1 atom stereocenters. The number of nitrogens with zero attached hydrogens (tertiary/aromatic N) is 2. The van der Waals surface area contributed by atoms with Crippen LogP contribution in [-0.4, -0.2) is 41.5 Å². The topological polar surface area (TPSA) is 45.2 Å². The predicted molar refractivity (Wildman–Crippen MR) is 85.0 cm³/mol. The quantitative estimate of drug-likeness (QED) is 0.925. The molecule has 2 aromatic rings. The third kappa shape index (κ3) is 2.54. The second kappa shape index (κ2) is 5.23. The molecule has 2 bridgehead atoms. The number of hydrogen-bond donors (Lipinski definition) is 1. The van der Waals surface area contributed by atoms with E-state index in [4.69, 9.17) is 11.6 Å². The van der Waals surface area contributed by atoms with Crippen LogP contribution in [0.25, 0.3) is 10.1 Å². The van der Waals surface area contributed by atoms with Crippen LogP contribution in [0.4, 0.5) is 0 Å². The summed E-state index contributed by atoms with van der Waals surface area (Å²) in [6.07, 6.45) is 4.11. The standard InChI is InChI=1S/C15H16ClN3OS/c16-14-5-10-7-17-11(6-13(10)21-14)15(20)18-12-8-19-3-1-9(12)2-4-19/h5-7,9,12H,1-4,8H2,(H,18,20)/t12-/m0/s1. The van der Waals surface area contributed by atoms with Crippen LogP contribution in [0.15, 0.2) is 18.3 Å². The number of rotatable bonds is 2. The summed E-state index contributed by atoms with van der Waals surface area (Å²) in [4.78, 5) is 19.1. The fraction of sp³-hybridized carbons (Fsp3) is 0.467. The van der Waals surface area contributed by atoms with E-state index >= 15 is 0 Å². The van der Waals surface area contributed by atoms with Crippen LogP contribution in [0.5, 0.6) is 0 Å². The summed E-state index contributed by atoms with van der Waals surface area (Å²) < 4.78 is 1.73. The average Bonchev–Trinajstić information content (AvgIpc) is 2.87. The molecule has 0 spiro atoms. The third-order valence-electron chi connectivity index (χ3n) is 4.58. The third-order valence-corrected chi connectivity index (χ3v) is 5.80. The molecular formula is C15H16ClN3OS. The van der Waals surface area contributed by atoms with Gasteiger partial charge in [0.25, 0.3) is 5.91 Å². The molecule has 21 heavy (non-hydrogen) atoms. The Kier molecular flexibility index (Phi) is 3.36. The molecule has 110 valence electrons. The zero-order valence-electron chi connectivity index (χ0n) is 11.5. The molecule has 0 saturated carbocycles. The maximum Gasteiger partial charge on any atom is 0.270 e. The minimum atomic E-state index is -0.0693. The second-order valence-corrected chi connectivity index (χ2v) is 7.59. The van der Waals surface area contributed by atoms with Crippen LogP contribution in [0.3, 0.4) is 0 Å². The lowest BCUT2D eigenvalue weighted by Crippen LogP contribution is -2.57. The Morgan fingerprint density at radius 2 is 2.19 bits per heavy atom. The Bertz CT molecular complexity index is 693. The molecule has 3 aliphatic heterocycles. The van der Waals surface area contributed by atoms with Crippen LogP contribution in [-0.2, 0) is 0 Å². The van der Waals surface area contributed by atoms with E-state index in [0.717, 1.165) is 21.0 Å². The van der Waals surface area contributed by atoms with Gasteiger partial charge in [-0.1, -0.05) is 11.6 Å². The molecule has 0 radical (unpaired) electrons. The Hall–Kier alpha value is -1.17. The van der Waals surface area contributed by atoms with E-state index in [0.29, 0.717) is 11.6 Å². The van der Waals surface area contributed by atoms with Crippen molar-refractivity contribution in [1.82, 2.24) is 15.2 Å². The number of carbonyl (C=O) groups is 1. The summed E-state index contributed by atoms with van der Waals surface area (Å²) in [6.45, 7) is 3.33. The highest BCUT2D eigenvalue weighted by Gasteiger charge is 2.35. The summed E-state index contributed by atoms with van der Waals surface area (Å²) in [6, 6.07) is 3.98. The highest BCUT2D eigenvalue weighted by Crippen LogP contribution is 2.30. The molecule has 0 unspecified atom stereocenters. The summed E-state index contributed by atoms with van der Waals surface area (Å²) >= 11 is 7.48. The number of nitrogens with one attached hydrogen (secondary N) is 1. The number of halogens is 1. The van der Waals surface area contributed by atoms with E-state index < -0.39 is 0 Å². The minimum Gasteiger partial charge on any atom is -0.346 e. The first-order valence-corrected chi connectivity index (χ1v) is 8.47. The van der Waals surface area contributed by atoms with Gasteiger partial charge in [0.1, 0.15) is 5.69 Å². The van der Waals surface area contributed by atoms with E-state index in [2.05, 4.69) is 15.2 Å². The maximum atomic E-state index is 12.4. The fourth-order valence-corrected chi connectivity index (χ4v) is 4.56. The molecular weight excluding hydrogens is 306 g/mol. The van der Waals surface area contributed by atoms with E-state index in [9.17, 15) is 4.79 Å². The number of aromatic nitrogens is 1. The van der Waals surface area contributed by atoms with Crippen molar-refractivity contribution in [3.05, 3.63) is 28.4 Å². The molecule has 3 saturated heterocycles. The number of fused-ring (bicyclic) bond motifs is 4. The number of pyridine rings is 1. The van der Waals surface area contributed by atoms with Crippen molar-refractivity contribution in [2.75, 3.05) is 19.6 Å². The van der Waals surface area contributed by atoms with Gasteiger partial charge in [-0.05, 0) is 44.0 Å². The number of piperidine rings is 3. The van der Waals surface area contributed by atoms with Gasteiger partial charge in [-0.25, -0.2) is 0 Å². The van der Waals surface area contributed by atoms with E-state index in [1.165, 1.54) is 37.3 Å². The van der Waals surface area contributed by atoms with Crippen LogP contribution in [0, 0.1) is 5.92 Å². The van der Waals surface area contributed by atoms with Crippen molar-refractivity contribution >= 4 is 38.9 Å². The van der Waals surface area contributed by atoms with Gasteiger partial charge in [-0.15, -0.1) is 11.3 Å². The monoisotopic (exact) mass is 321 g/mol. The van der Waals surface area contributed by atoms with Gasteiger partial charge in [0, 0.05) is 28.9 Å². The minimum absolute atomic E-state index is 0.0693. The largest absolute Gasteiger partial charge is 0.346 e.